The minimum Gasteiger partial charge on any atom is -0.311 e. The summed E-state index contributed by atoms with van der Waals surface area (Å²) >= 11 is 0. The molecule has 1 amide bonds. The normalized spacial score (nSPS) is 10.7. The molecule has 26 heavy (non-hydrogen) atoms. The summed E-state index contributed by atoms with van der Waals surface area (Å²) in [5, 5.41) is 16.5. The lowest BCUT2D eigenvalue weighted by molar-refractivity contribution is -0.114. The van der Waals surface area contributed by atoms with Crippen molar-refractivity contribution in [1.82, 2.24) is 9.97 Å². The van der Waals surface area contributed by atoms with Gasteiger partial charge in [0.1, 0.15) is 11.6 Å². The Morgan fingerprint density at radius 3 is 2.58 bits per heavy atom. The van der Waals surface area contributed by atoms with E-state index in [1.165, 1.54) is 6.92 Å². The highest BCUT2D eigenvalue weighted by Crippen LogP contribution is 2.20. The van der Waals surface area contributed by atoms with Crippen molar-refractivity contribution >= 4 is 34.8 Å². The van der Waals surface area contributed by atoms with E-state index in [0.717, 1.165) is 16.5 Å². The summed E-state index contributed by atoms with van der Waals surface area (Å²) in [5.74, 6) is 0.817. The number of carbonyl (C=O) groups excluding carboxylic acids is 1. The standard InChI is InChI=1S/C19H16N6O/c1-12-9-18(25-21-11-15-5-3-14(10-20)4-6-15)24-19-16(12)7-8-17(23-19)22-13(2)26/h3-9,11H,1-2H3,(H2,22,23,24,25,26)/b21-11+. The van der Waals surface area contributed by atoms with Gasteiger partial charge in [-0.1, -0.05) is 12.1 Å². The number of aryl methyl sites for hydroxylation is 1. The molecule has 3 aromatic rings. The Labute approximate surface area is 150 Å². The van der Waals surface area contributed by atoms with Crippen molar-refractivity contribution in [2.24, 2.45) is 5.10 Å². The second-order valence-corrected chi connectivity index (χ2v) is 5.68. The van der Waals surface area contributed by atoms with Crippen molar-refractivity contribution in [1.29, 1.82) is 5.26 Å². The molecule has 0 saturated carbocycles. The second-order valence-electron chi connectivity index (χ2n) is 5.68. The van der Waals surface area contributed by atoms with Crippen LogP contribution in [0.4, 0.5) is 11.6 Å². The predicted molar refractivity (Wildman–Crippen MR) is 101 cm³/mol. The largest absolute Gasteiger partial charge is 0.311 e. The first-order valence-electron chi connectivity index (χ1n) is 7.90. The van der Waals surface area contributed by atoms with Crippen LogP contribution in [0.15, 0.2) is 47.6 Å². The molecule has 2 N–H and O–H groups in total. The van der Waals surface area contributed by atoms with Crippen LogP contribution in [0.2, 0.25) is 0 Å². The van der Waals surface area contributed by atoms with E-state index in [0.29, 0.717) is 22.8 Å². The third kappa shape index (κ3) is 3.99. The van der Waals surface area contributed by atoms with Crippen LogP contribution < -0.4 is 10.7 Å². The summed E-state index contributed by atoms with van der Waals surface area (Å²) in [4.78, 5) is 20.0. The monoisotopic (exact) mass is 344 g/mol. The zero-order valence-corrected chi connectivity index (χ0v) is 14.3. The number of fused-ring (bicyclic) bond motifs is 1. The van der Waals surface area contributed by atoms with Crippen molar-refractivity contribution in [3.8, 4) is 6.07 Å². The molecule has 0 fully saturated rings. The SMILES string of the molecule is CC(=O)Nc1ccc2c(C)cc(N/N=C/c3ccc(C#N)cc3)nc2n1. The number of anilines is 2. The summed E-state index contributed by atoms with van der Waals surface area (Å²) in [5.41, 5.74) is 5.86. The van der Waals surface area contributed by atoms with Crippen LogP contribution in [0, 0.1) is 18.3 Å². The summed E-state index contributed by atoms with van der Waals surface area (Å²) in [6.07, 6.45) is 1.64. The first-order chi connectivity index (χ1) is 12.5. The average molecular weight is 344 g/mol. The van der Waals surface area contributed by atoms with Gasteiger partial charge in [0, 0.05) is 12.3 Å². The quantitative estimate of drug-likeness (QED) is 0.559. The molecule has 0 aliphatic carbocycles. The van der Waals surface area contributed by atoms with Gasteiger partial charge in [0.05, 0.1) is 17.8 Å². The van der Waals surface area contributed by atoms with Gasteiger partial charge < -0.3 is 5.32 Å². The topological polar surface area (TPSA) is 103 Å². The van der Waals surface area contributed by atoms with Gasteiger partial charge in [0.15, 0.2) is 5.65 Å². The van der Waals surface area contributed by atoms with Crippen molar-refractivity contribution in [3.05, 3.63) is 59.2 Å². The minimum absolute atomic E-state index is 0.185. The van der Waals surface area contributed by atoms with Gasteiger partial charge in [-0.05, 0) is 48.4 Å². The Kier molecular flexibility index (Phi) is 4.85. The molecule has 7 heteroatoms. The molecule has 0 bridgehead atoms. The number of pyridine rings is 2. The van der Waals surface area contributed by atoms with E-state index in [1.807, 2.05) is 31.2 Å². The fourth-order valence-corrected chi connectivity index (χ4v) is 2.39. The number of hydrogen-bond donors (Lipinski definition) is 2. The molecule has 0 radical (unpaired) electrons. The Morgan fingerprint density at radius 1 is 1.15 bits per heavy atom. The molecular weight excluding hydrogens is 328 g/mol. The molecule has 0 aliphatic heterocycles. The number of benzene rings is 1. The molecule has 2 aromatic heterocycles. The molecule has 128 valence electrons. The van der Waals surface area contributed by atoms with Crippen LogP contribution in [-0.2, 0) is 4.79 Å². The molecule has 0 atom stereocenters. The molecular formula is C19H16N6O. The number of rotatable bonds is 4. The number of hydrazone groups is 1. The number of nitrogens with zero attached hydrogens (tertiary/aromatic N) is 4. The lowest BCUT2D eigenvalue weighted by Gasteiger charge is -2.07. The minimum atomic E-state index is -0.185. The van der Waals surface area contributed by atoms with Gasteiger partial charge in [-0.15, -0.1) is 0 Å². The maximum atomic E-state index is 11.2. The molecule has 0 spiro atoms. The summed E-state index contributed by atoms with van der Waals surface area (Å²) < 4.78 is 0. The number of nitrogens with one attached hydrogen (secondary N) is 2. The number of amides is 1. The van der Waals surface area contributed by atoms with E-state index in [4.69, 9.17) is 5.26 Å². The van der Waals surface area contributed by atoms with E-state index in [9.17, 15) is 4.79 Å². The van der Waals surface area contributed by atoms with Crippen LogP contribution in [0.5, 0.6) is 0 Å². The summed E-state index contributed by atoms with van der Waals surface area (Å²) in [7, 11) is 0. The lowest BCUT2D eigenvalue weighted by Crippen LogP contribution is -2.07. The molecule has 1 aromatic carbocycles. The fraction of sp³-hybridized carbons (Fsp3) is 0.105. The van der Waals surface area contributed by atoms with E-state index >= 15 is 0 Å². The Hall–Kier alpha value is -3.79. The number of carbonyl (C=O) groups is 1. The van der Waals surface area contributed by atoms with Crippen molar-refractivity contribution in [2.75, 3.05) is 10.7 Å². The highest BCUT2D eigenvalue weighted by molar-refractivity contribution is 5.90. The third-order valence-corrected chi connectivity index (χ3v) is 3.62. The fourth-order valence-electron chi connectivity index (χ4n) is 2.39. The van der Waals surface area contributed by atoms with Crippen LogP contribution >= 0.6 is 0 Å². The maximum Gasteiger partial charge on any atom is 0.222 e. The smallest absolute Gasteiger partial charge is 0.222 e. The van der Waals surface area contributed by atoms with E-state index in [1.54, 1.807) is 24.4 Å². The van der Waals surface area contributed by atoms with Gasteiger partial charge in [-0.25, -0.2) is 9.97 Å². The van der Waals surface area contributed by atoms with E-state index in [-0.39, 0.29) is 5.91 Å². The molecule has 0 saturated heterocycles. The third-order valence-electron chi connectivity index (χ3n) is 3.62. The predicted octanol–water partition coefficient (Wildman–Crippen LogP) is 3.21. The van der Waals surface area contributed by atoms with Gasteiger partial charge in [-0.2, -0.15) is 10.4 Å². The molecule has 3 rings (SSSR count). The van der Waals surface area contributed by atoms with Crippen molar-refractivity contribution < 1.29 is 4.79 Å². The number of hydrogen-bond acceptors (Lipinski definition) is 6. The van der Waals surface area contributed by atoms with Crippen LogP contribution in [0.1, 0.15) is 23.6 Å². The van der Waals surface area contributed by atoms with E-state index in [2.05, 4.69) is 31.9 Å². The molecule has 2 heterocycles. The molecule has 0 aliphatic rings. The first kappa shape index (κ1) is 17.0. The Bertz CT molecular complexity index is 1030. The van der Waals surface area contributed by atoms with Gasteiger partial charge in [0.2, 0.25) is 5.91 Å². The van der Waals surface area contributed by atoms with Crippen LogP contribution in [0.25, 0.3) is 11.0 Å². The van der Waals surface area contributed by atoms with Crippen molar-refractivity contribution in [3.63, 3.8) is 0 Å². The zero-order chi connectivity index (χ0) is 18.5. The maximum absolute atomic E-state index is 11.2. The molecule has 7 nitrogen and oxygen atoms in total. The summed E-state index contributed by atoms with van der Waals surface area (Å²) in [6, 6.07) is 14.6. The lowest BCUT2D eigenvalue weighted by atomic mass is 10.2. The number of aromatic nitrogens is 2. The first-order valence-corrected chi connectivity index (χ1v) is 7.90. The highest BCUT2D eigenvalue weighted by Gasteiger charge is 2.06. The molecule has 0 unspecified atom stereocenters. The average Bonchev–Trinajstić information content (AvgIpc) is 2.61. The Morgan fingerprint density at radius 2 is 1.88 bits per heavy atom. The number of nitriles is 1. The Balaban J connectivity index is 1.81. The zero-order valence-electron chi connectivity index (χ0n) is 14.3. The highest BCUT2D eigenvalue weighted by atomic mass is 16.1. The van der Waals surface area contributed by atoms with Gasteiger partial charge in [-0.3, -0.25) is 10.2 Å². The van der Waals surface area contributed by atoms with Gasteiger partial charge in [0.25, 0.3) is 0 Å². The van der Waals surface area contributed by atoms with Crippen LogP contribution in [0.3, 0.4) is 0 Å². The van der Waals surface area contributed by atoms with E-state index < -0.39 is 0 Å². The van der Waals surface area contributed by atoms with Crippen molar-refractivity contribution in [2.45, 2.75) is 13.8 Å². The van der Waals surface area contributed by atoms with Crippen LogP contribution in [-0.4, -0.2) is 22.1 Å². The summed E-state index contributed by atoms with van der Waals surface area (Å²) in [6.45, 7) is 3.39. The second kappa shape index (κ2) is 7.40. The van der Waals surface area contributed by atoms with Gasteiger partial charge >= 0.3 is 0 Å².